The van der Waals surface area contributed by atoms with E-state index in [9.17, 15) is 9.59 Å². The number of carbonyl (C=O) groups excluding carboxylic acids is 1. The molecular formula is C24H22N6O5. The van der Waals surface area contributed by atoms with Crippen LogP contribution in [0.3, 0.4) is 0 Å². The van der Waals surface area contributed by atoms with Crippen molar-refractivity contribution in [2.75, 3.05) is 25.6 Å². The van der Waals surface area contributed by atoms with Crippen LogP contribution in [0.25, 0.3) is 28.0 Å². The van der Waals surface area contributed by atoms with Gasteiger partial charge in [0.15, 0.2) is 5.65 Å². The molecule has 1 atom stereocenters. The molecule has 4 heterocycles. The molecule has 0 bridgehead atoms. The molecule has 0 spiro atoms. The fourth-order valence-electron chi connectivity index (χ4n) is 3.86. The molecule has 1 fully saturated rings. The maximum absolute atomic E-state index is 12.1. The normalized spacial score (nSPS) is 15.2. The van der Waals surface area contributed by atoms with Crippen molar-refractivity contribution in [3.63, 3.8) is 0 Å². The van der Waals surface area contributed by atoms with E-state index in [-0.39, 0.29) is 12.0 Å². The lowest BCUT2D eigenvalue weighted by molar-refractivity contribution is 0.0962. The van der Waals surface area contributed by atoms with Crippen molar-refractivity contribution in [3.05, 3.63) is 60.6 Å². The van der Waals surface area contributed by atoms with Gasteiger partial charge in [-0.1, -0.05) is 12.1 Å². The molecule has 3 N–H and O–H groups in total. The predicted molar refractivity (Wildman–Crippen MR) is 127 cm³/mol. The number of pyridine rings is 1. The van der Waals surface area contributed by atoms with Gasteiger partial charge < -0.3 is 19.9 Å². The van der Waals surface area contributed by atoms with E-state index >= 15 is 0 Å². The van der Waals surface area contributed by atoms with Gasteiger partial charge in [0.2, 0.25) is 5.88 Å². The van der Waals surface area contributed by atoms with Gasteiger partial charge in [0, 0.05) is 42.7 Å². The molecule has 11 nitrogen and oxygen atoms in total. The summed E-state index contributed by atoms with van der Waals surface area (Å²) in [5, 5.41) is 18.6. The standard InChI is InChI=1S/C24H22N6O5/c1-25-22(31)16-8-15(10-26-11-16)20-12-27-21-9-19(14-2-4-17(5-3-14)28-24(32)33)23(29-30(20)21)35-18-6-7-34-13-18/h2-5,8-12,18,28H,6-7,13H2,1H3,(H,25,31)(H,32,33)/t18-/m0/s1. The van der Waals surface area contributed by atoms with E-state index in [2.05, 4.69) is 20.6 Å². The number of carboxylic acid groups (broad SMARTS) is 1. The lowest BCUT2D eigenvalue weighted by Crippen LogP contribution is -2.18. The monoisotopic (exact) mass is 474 g/mol. The number of fused-ring (bicyclic) bond motifs is 1. The molecule has 0 radical (unpaired) electrons. The molecule has 5 rings (SSSR count). The fraction of sp³-hybridized carbons (Fsp3) is 0.208. The highest BCUT2D eigenvalue weighted by atomic mass is 16.5. The van der Waals surface area contributed by atoms with Crippen LogP contribution in [0.5, 0.6) is 5.88 Å². The third-order valence-electron chi connectivity index (χ3n) is 5.60. The summed E-state index contributed by atoms with van der Waals surface area (Å²) in [4.78, 5) is 31.7. The summed E-state index contributed by atoms with van der Waals surface area (Å²) in [6, 6.07) is 10.5. The van der Waals surface area contributed by atoms with E-state index in [4.69, 9.17) is 19.7 Å². The van der Waals surface area contributed by atoms with Gasteiger partial charge in [-0.2, -0.15) is 0 Å². The number of amides is 2. The van der Waals surface area contributed by atoms with Gasteiger partial charge in [-0.25, -0.2) is 14.3 Å². The fourth-order valence-corrected chi connectivity index (χ4v) is 3.86. The lowest BCUT2D eigenvalue weighted by Gasteiger charge is -2.16. The van der Waals surface area contributed by atoms with Crippen molar-refractivity contribution in [2.24, 2.45) is 0 Å². The third kappa shape index (κ3) is 4.62. The first kappa shape index (κ1) is 22.3. The van der Waals surface area contributed by atoms with E-state index in [1.807, 2.05) is 6.07 Å². The topological polar surface area (TPSA) is 140 Å². The Morgan fingerprint density at radius 1 is 1.14 bits per heavy atom. The number of nitrogens with zero attached hydrogens (tertiary/aromatic N) is 4. The number of aromatic nitrogens is 4. The molecule has 1 aromatic carbocycles. The molecule has 0 aliphatic carbocycles. The van der Waals surface area contributed by atoms with E-state index in [0.717, 1.165) is 12.0 Å². The van der Waals surface area contributed by atoms with E-state index in [0.29, 0.717) is 52.8 Å². The van der Waals surface area contributed by atoms with Gasteiger partial charge in [0.25, 0.3) is 5.91 Å². The average Bonchev–Trinajstić information content (AvgIpc) is 3.53. The number of rotatable bonds is 6. The number of hydrogen-bond donors (Lipinski definition) is 3. The number of carbonyl (C=O) groups is 2. The second kappa shape index (κ2) is 9.39. The first-order valence-corrected chi connectivity index (χ1v) is 10.9. The molecule has 11 heteroatoms. The van der Waals surface area contributed by atoms with E-state index in [1.165, 1.54) is 6.20 Å². The number of nitrogens with one attached hydrogen (secondary N) is 2. The minimum absolute atomic E-state index is 0.142. The average molecular weight is 474 g/mol. The maximum atomic E-state index is 12.1. The smallest absolute Gasteiger partial charge is 0.409 e. The Morgan fingerprint density at radius 3 is 2.69 bits per heavy atom. The summed E-state index contributed by atoms with van der Waals surface area (Å²) in [7, 11) is 1.56. The highest BCUT2D eigenvalue weighted by Gasteiger charge is 2.22. The quantitative estimate of drug-likeness (QED) is 0.387. The summed E-state index contributed by atoms with van der Waals surface area (Å²) in [6.07, 6.45) is 4.27. The highest BCUT2D eigenvalue weighted by molar-refractivity contribution is 5.94. The Morgan fingerprint density at radius 2 is 1.97 bits per heavy atom. The van der Waals surface area contributed by atoms with Crippen molar-refractivity contribution in [3.8, 4) is 28.3 Å². The zero-order valence-electron chi connectivity index (χ0n) is 18.8. The number of anilines is 1. The molecule has 2 amide bonds. The Balaban J connectivity index is 1.59. The zero-order valence-corrected chi connectivity index (χ0v) is 18.8. The Labute approximate surface area is 199 Å². The molecule has 4 aromatic rings. The SMILES string of the molecule is CNC(=O)c1cncc(-c2cnc3cc(-c4ccc(NC(=O)O)cc4)c(O[C@H]4CCOC4)nn23)c1. The van der Waals surface area contributed by atoms with Gasteiger partial charge >= 0.3 is 6.09 Å². The predicted octanol–water partition coefficient (Wildman–Crippen LogP) is 3.08. The summed E-state index contributed by atoms with van der Waals surface area (Å²) >= 11 is 0. The molecule has 178 valence electrons. The molecule has 35 heavy (non-hydrogen) atoms. The molecule has 1 aliphatic heterocycles. The third-order valence-corrected chi connectivity index (χ3v) is 5.60. The van der Waals surface area contributed by atoms with Crippen LogP contribution in [0.15, 0.2) is 55.0 Å². The molecule has 1 aliphatic rings. The van der Waals surface area contributed by atoms with Gasteiger partial charge in [-0.3, -0.25) is 15.1 Å². The summed E-state index contributed by atoms with van der Waals surface area (Å²) in [5.41, 5.74) is 4.28. The van der Waals surface area contributed by atoms with Gasteiger partial charge in [-0.15, -0.1) is 5.10 Å². The van der Waals surface area contributed by atoms with Crippen LogP contribution in [0.1, 0.15) is 16.8 Å². The Hall–Kier alpha value is -4.51. The van der Waals surface area contributed by atoms with Crippen LogP contribution in [-0.2, 0) is 4.74 Å². The lowest BCUT2D eigenvalue weighted by atomic mass is 10.1. The number of benzene rings is 1. The summed E-state index contributed by atoms with van der Waals surface area (Å²) in [6.45, 7) is 1.08. The van der Waals surface area contributed by atoms with Crippen molar-refractivity contribution in [2.45, 2.75) is 12.5 Å². The van der Waals surface area contributed by atoms with Crippen molar-refractivity contribution < 1.29 is 24.2 Å². The Kier molecular flexibility index (Phi) is 5.98. The molecular weight excluding hydrogens is 452 g/mol. The largest absolute Gasteiger partial charge is 0.470 e. The number of imidazole rings is 1. The summed E-state index contributed by atoms with van der Waals surface area (Å²) < 4.78 is 13.3. The second-order valence-electron chi connectivity index (χ2n) is 7.93. The highest BCUT2D eigenvalue weighted by Crippen LogP contribution is 2.33. The Bertz CT molecular complexity index is 1400. The van der Waals surface area contributed by atoms with Gasteiger partial charge in [-0.05, 0) is 29.8 Å². The molecule has 0 unspecified atom stereocenters. The van der Waals surface area contributed by atoms with Crippen LogP contribution >= 0.6 is 0 Å². The van der Waals surface area contributed by atoms with Crippen LogP contribution < -0.4 is 15.4 Å². The number of ether oxygens (including phenoxy) is 2. The van der Waals surface area contributed by atoms with Crippen molar-refractivity contribution in [1.82, 2.24) is 24.9 Å². The van der Waals surface area contributed by atoms with Crippen molar-refractivity contribution in [1.29, 1.82) is 0 Å². The van der Waals surface area contributed by atoms with Gasteiger partial charge in [0.05, 0.1) is 30.7 Å². The maximum Gasteiger partial charge on any atom is 0.409 e. The zero-order chi connectivity index (χ0) is 24.4. The first-order chi connectivity index (χ1) is 17.0. The van der Waals surface area contributed by atoms with Gasteiger partial charge in [0.1, 0.15) is 6.10 Å². The summed E-state index contributed by atoms with van der Waals surface area (Å²) in [5.74, 6) is 0.149. The van der Waals surface area contributed by atoms with E-state index in [1.54, 1.807) is 54.3 Å². The second-order valence-corrected chi connectivity index (χ2v) is 7.93. The molecule has 1 saturated heterocycles. The first-order valence-electron chi connectivity index (χ1n) is 10.9. The van der Waals surface area contributed by atoms with Crippen LogP contribution in [-0.4, -0.2) is 63.1 Å². The van der Waals surface area contributed by atoms with Crippen LogP contribution in [0, 0.1) is 0 Å². The minimum Gasteiger partial charge on any atom is -0.470 e. The van der Waals surface area contributed by atoms with Crippen LogP contribution in [0.2, 0.25) is 0 Å². The molecule has 0 saturated carbocycles. The van der Waals surface area contributed by atoms with Crippen LogP contribution in [0.4, 0.5) is 10.5 Å². The van der Waals surface area contributed by atoms with E-state index < -0.39 is 6.09 Å². The molecule has 3 aromatic heterocycles. The minimum atomic E-state index is -1.13. The van der Waals surface area contributed by atoms with Crippen molar-refractivity contribution >= 4 is 23.3 Å². The number of hydrogen-bond acceptors (Lipinski definition) is 7.